The number of fused-ring (bicyclic) bond motifs is 1. The monoisotopic (exact) mass is 440 g/mol. The Balaban J connectivity index is 1.58. The molecule has 162 valence electrons. The molecule has 2 aromatic carbocycles. The lowest BCUT2D eigenvalue weighted by Crippen LogP contribution is -2.54. The van der Waals surface area contributed by atoms with Crippen molar-refractivity contribution in [2.45, 2.75) is 6.54 Å². The van der Waals surface area contributed by atoms with Gasteiger partial charge in [-0.3, -0.25) is 19.9 Å². The van der Waals surface area contributed by atoms with Crippen LogP contribution >= 0.6 is 0 Å². The van der Waals surface area contributed by atoms with E-state index in [0.29, 0.717) is 11.1 Å². The van der Waals surface area contributed by atoms with Crippen LogP contribution in [0.25, 0.3) is 17.0 Å². The fraction of sp³-hybridized carbons (Fsp3) is 0.0400. The quantitative estimate of drug-likeness (QED) is 0.386. The molecule has 0 bridgehead atoms. The molecule has 1 fully saturated rings. The second-order valence-corrected chi connectivity index (χ2v) is 7.49. The van der Waals surface area contributed by atoms with E-state index in [-0.39, 0.29) is 23.6 Å². The Labute approximate surface area is 187 Å². The number of hydrogen-bond acceptors (Lipinski definition) is 4. The third-order valence-corrected chi connectivity index (χ3v) is 5.42. The first-order valence-corrected chi connectivity index (χ1v) is 10.2. The molecule has 8 heteroatoms. The standard InChI is InChI=1S/C25H17FN4O3/c26-21-9-3-1-6-16(21)14-29-15-17(19-8-2-4-10-22(19)29)12-20-23(31)28-25(33)30(24(20)32)18-7-5-11-27-13-18/h1-13,15H,14H2,(H,28,31,33)/b20-12+. The first kappa shape index (κ1) is 20.3. The van der Waals surface area contributed by atoms with E-state index >= 15 is 0 Å². The highest BCUT2D eigenvalue weighted by Gasteiger charge is 2.37. The molecule has 7 nitrogen and oxygen atoms in total. The van der Waals surface area contributed by atoms with Crippen molar-refractivity contribution in [3.05, 3.63) is 102 Å². The number of imide groups is 2. The number of carbonyl (C=O) groups excluding carboxylic acids is 3. The van der Waals surface area contributed by atoms with Crippen molar-refractivity contribution in [1.82, 2.24) is 14.9 Å². The number of carbonyl (C=O) groups is 3. The van der Waals surface area contributed by atoms with Gasteiger partial charge in [-0.1, -0.05) is 36.4 Å². The van der Waals surface area contributed by atoms with Gasteiger partial charge in [-0.15, -0.1) is 0 Å². The molecule has 1 saturated heterocycles. The summed E-state index contributed by atoms with van der Waals surface area (Å²) in [6.45, 7) is 0.275. The first-order chi connectivity index (χ1) is 16.0. The van der Waals surface area contributed by atoms with Crippen molar-refractivity contribution in [2.24, 2.45) is 0 Å². The summed E-state index contributed by atoms with van der Waals surface area (Å²) >= 11 is 0. The molecule has 0 radical (unpaired) electrons. The van der Waals surface area contributed by atoms with Crippen LogP contribution in [0.3, 0.4) is 0 Å². The second-order valence-electron chi connectivity index (χ2n) is 7.49. The summed E-state index contributed by atoms with van der Waals surface area (Å²) < 4.78 is 16.1. The number of urea groups is 1. The Hall–Kier alpha value is -4.59. The maximum atomic E-state index is 14.2. The minimum absolute atomic E-state index is 0.188. The Morgan fingerprint density at radius 2 is 1.76 bits per heavy atom. The number of benzene rings is 2. The summed E-state index contributed by atoms with van der Waals surface area (Å²) in [5, 5.41) is 2.99. The van der Waals surface area contributed by atoms with Gasteiger partial charge in [0.15, 0.2) is 0 Å². The predicted octanol–water partition coefficient (Wildman–Crippen LogP) is 3.89. The zero-order valence-corrected chi connectivity index (χ0v) is 17.2. The lowest BCUT2D eigenvalue weighted by atomic mass is 10.1. The van der Waals surface area contributed by atoms with Crippen molar-refractivity contribution >= 4 is 40.5 Å². The molecule has 5 rings (SSSR count). The fourth-order valence-corrected chi connectivity index (χ4v) is 3.86. The minimum Gasteiger partial charge on any atom is -0.342 e. The number of para-hydroxylation sites is 1. The van der Waals surface area contributed by atoms with Crippen LogP contribution in [0.1, 0.15) is 11.1 Å². The van der Waals surface area contributed by atoms with E-state index in [9.17, 15) is 18.8 Å². The van der Waals surface area contributed by atoms with E-state index < -0.39 is 17.8 Å². The molecular weight excluding hydrogens is 423 g/mol. The number of amides is 4. The van der Waals surface area contributed by atoms with Gasteiger partial charge in [-0.05, 0) is 30.3 Å². The SMILES string of the molecule is O=C1NC(=O)N(c2cccnc2)C(=O)/C1=C/c1cn(Cc2ccccc2F)c2ccccc12. The molecule has 0 saturated carbocycles. The molecule has 2 aromatic heterocycles. The highest BCUT2D eigenvalue weighted by atomic mass is 19.1. The fourth-order valence-electron chi connectivity index (χ4n) is 3.86. The second kappa shape index (κ2) is 8.16. The molecule has 0 unspecified atom stereocenters. The van der Waals surface area contributed by atoms with Gasteiger partial charge in [0.1, 0.15) is 11.4 Å². The van der Waals surface area contributed by atoms with Crippen molar-refractivity contribution in [3.63, 3.8) is 0 Å². The zero-order chi connectivity index (χ0) is 22.9. The summed E-state index contributed by atoms with van der Waals surface area (Å²) in [5.74, 6) is -1.85. The third-order valence-electron chi connectivity index (χ3n) is 5.42. The molecule has 1 N–H and O–H groups in total. The highest BCUT2D eigenvalue weighted by Crippen LogP contribution is 2.27. The number of rotatable bonds is 4. The van der Waals surface area contributed by atoms with E-state index in [1.165, 1.54) is 24.5 Å². The van der Waals surface area contributed by atoms with E-state index in [2.05, 4.69) is 10.3 Å². The van der Waals surface area contributed by atoms with Crippen LogP contribution in [0.15, 0.2) is 84.8 Å². The number of nitrogens with zero attached hydrogens (tertiary/aromatic N) is 3. The highest BCUT2D eigenvalue weighted by molar-refractivity contribution is 6.39. The number of aromatic nitrogens is 2. The predicted molar refractivity (Wildman–Crippen MR) is 121 cm³/mol. The largest absolute Gasteiger partial charge is 0.342 e. The normalized spacial score (nSPS) is 15.4. The lowest BCUT2D eigenvalue weighted by molar-refractivity contribution is -0.122. The van der Waals surface area contributed by atoms with E-state index in [1.807, 2.05) is 28.8 Å². The molecule has 4 aromatic rings. The molecule has 0 aliphatic carbocycles. The summed E-state index contributed by atoms with van der Waals surface area (Å²) in [6.07, 6.45) is 6.09. The molecule has 0 spiro atoms. The summed E-state index contributed by atoms with van der Waals surface area (Å²) in [4.78, 5) is 42.8. The third kappa shape index (κ3) is 3.67. The average molecular weight is 440 g/mol. The maximum absolute atomic E-state index is 14.2. The van der Waals surface area contributed by atoms with Gasteiger partial charge in [0.2, 0.25) is 0 Å². The lowest BCUT2D eigenvalue weighted by Gasteiger charge is -2.25. The molecule has 1 aliphatic heterocycles. The Morgan fingerprint density at radius 3 is 2.55 bits per heavy atom. The van der Waals surface area contributed by atoms with Gasteiger partial charge in [0.05, 0.1) is 18.4 Å². The van der Waals surface area contributed by atoms with Gasteiger partial charge in [0, 0.05) is 34.4 Å². The van der Waals surface area contributed by atoms with Crippen molar-refractivity contribution in [2.75, 3.05) is 4.90 Å². The number of nitrogens with one attached hydrogen (secondary N) is 1. The van der Waals surface area contributed by atoms with Crippen LogP contribution in [0.2, 0.25) is 0 Å². The van der Waals surface area contributed by atoms with E-state index in [0.717, 1.165) is 15.8 Å². The van der Waals surface area contributed by atoms with Gasteiger partial charge < -0.3 is 4.57 Å². The summed E-state index contributed by atoms with van der Waals surface area (Å²) in [5.41, 5.74) is 1.99. The number of pyridine rings is 1. The zero-order valence-electron chi connectivity index (χ0n) is 17.2. The van der Waals surface area contributed by atoms with Crippen molar-refractivity contribution < 1.29 is 18.8 Å². The van der Waals surface area contributed by atoms with Crippen LogP contribution in [0.5, 0.6) is 0 Å². The minimum atomic E-state index is -0.836. The first-order valence-electron chi connectivity index (χ1n) is 10.2. The van der Waals surface area contributed by atoms with E-state index in [4.69, 9.17) is 0 Å². The number of halogens is 1. The van der Waals surface area contributed by atoms with Crippen LogP contribution in [-0.4, -0.2) is 27.4 Å². The maximum Gasteiger partial charge on any atom is 0.336 e. The Bertz CT molecular complexity index is 1440. The molecule has 4 amide bonds. The van der Waals surface area contributed by atoms with Crippen LogP contribution in [0, 0.1) is 5.82 Å². The Kier molecular flexibility index (Phi) is 5.02. The van der Waals surface area contributed by atoms with Gasteiger partial charge in [0.25, 0.3) is 11.8 Å². The topological polar surface area (TPSA) is 84.3 Å². The van der Waals surface area contributed by atoms with Gasteiger partial charge >= 0.3 is 6.03 Å². The Morgan fingerprint density at radius 1 is 0.970 bits per heavy atom. The van der Waals surface area contributed by atoms with Crippen molar-refractivity contribution in [3.8, 4) is 0 Å². The summed E-state index contributed by atoms with van der Waals surface area (Å²) in [6, 6.07) is 16.2. The van der Waals surface area contributed by atoms with Crippen LogP contribution in [-0.2, 0) is 16.1 Å². The molecule has 1 aliphatic rings. The number of hydrogen-bond donors (Lipinski definition) is 1. The molecule has 33 heavy (non-hydrogen) atoms. The number of anilines is 1. The number of barbiturate groups is 1. The summed E-state index contributed by atoms with van der Waals surface area (Å²) in [7, 11) is 0. The molecule has 3 heterocycles. The molecular formula is C25H17FN4O3. The van der Waals surface area contributed by atoms with Crippen LogP contribution < -0.4 is 10.2 Å². The molecule has 0 atom stereocenters. The smallest absolute Gasteiger partial charge is 0.336 e. The van der Waals surface area contributed by atoms with Gasteiger partial charge in [-0.25, -0.2) is 14.1 Å². The van der Waals surface area contributed by atoms with Crippen molar-refractivity contribution in [1.29, 1.82) is 0 Å². The van der Waals surface area contributed by atoms with Crippen LogP contribution in [0.4, 0.5) is 14.9 Å². The van der Waals surface area contributed by atoms with E-state index in [1.54, 1.807) is 36.5 Å². The van der Waals surface area contributed by atoms with Gasteiger partial charge in [-0.2, -0.15) is 0 Å². The average Bonchev–Trinajstić information content (AvgIpc) is 3.16.